The fraction of sp³-hybridized carbons (Fsp3) is 0.471. The van der Waals surface area contributed by atoms with Crippen molar-refractivity contribution in [2.75, 3.05) is 24.6 Å². The summed E-state index contributed by atoms with van der Waals surface area (Å²) in [5, 5.41) is 0. The number of hydrogen-bond acceptors (Lipinski definition) is 5. The predicted molar refractivity (Wildman–Crippen MR) is 93.1 cm³/mol. The quantitative estimate of drug-likeness (QED) is 0.580. The lowest BCUT2D eigenvalue weighted by atomic mass is 9.97. The number of carbonyl (C=O) groups is 1. The zero-order chi connectivity index (χ0) is 16.7. The van der Waals surface area contributed by atoms with E-state index in [1.807, 2.05) is 4.57 Å². The summed E-state index contributed by atoms with van der Waals surface area (Å²) in [5.41, 5.74) is 1.99. The minimum absolute atomic E-state index is 0.327. The van der Waals surface area contributed by atoms with E-state index in [4.69, 9.17) is 4.74 Å². The van der Waals surface area contributed by atoms with Crippen LogP contribution in [0.3, 0.4) is 0 Å². The van der Waals surface area contributed by atoms with Crippen molar-refractivity contribution >= 4 is 27.7 Å². The fourth-order valence-corrected chi connectivity index (χ4v) is 3.56. The Bertz CT molecular complexity index is 777. The van der Waals surface area contributed by atoms with Gasteiger partial charge in [0.05, 0.1) is 19.5 Å². The van der Waals surface area contributed by atoms with Gasteiger partial charge in [0.15, 0.2) is 5.69 Å². The van der Waals surface area contributed by atoms with E-state index in [9.17, 15) is 4.79 Å². The first-order valence-electron chi connectivity index (χ1n) is 8.18. The molecule has 2 fully saturated rings. The highest BCUT2D eigenvalue weighted by molar-refractivity contribution is 9.10. The third-order valence-electron chi connectivity index (χ3n) is 4.72. The Kier molecular flexibility index (Phi) is 3.83. The summed E-state index contributed by atoms with van der Waals surface area (Å²) in [6.07, 6.45) is 6.07. The number of rotatable bonds is 5. The smallest absolute Gasteiger partial charge is 0.358 e. The lowest BCUT2D eigenvalue weighted by Gasteiger charge is -2.41. The van der Waals surface area contributed by atoms with Gasteiger partial charge in [-0.3, -0.25) is 0 Å². The minimum atomic E-state index is -0.393. The first-order chi connectivity index (χ1) is 11.6. The Labute approximate surface area is 149 Å². The number of anilines is 1. The first-order valence-corrected chi connectivity index (χ1v) is 8.97. The van der Waals surface area contributed by atoms with Crippen LogP contribution < -0.4 is 4.90 Å². The van der Waals surface area contributed by atoms with Gasteiger partial charge >= 0.3 is 5.97 Å². The molecule has 1 aliphatic carbocycles. The molecule has 1 aliphatic heterocycles. The van der Waals surface area contributed by atoms with Gasteiger partial charge in [0.1, 0.15) is 10.4 Å². The summed E-state index contributed by atoms with van der Waals surface area (Å²) in [7, 11) is 0. The molecule has 0 unspecified atom stereocenters. The van der Waals surface area contributed by atoms with E-state index < -0.39 is 5.97 Å². The van der Waals surface area contributed by atoms with Gasteiger partial charge in [-0.1, -0.05) is 6.07 Å². The van der Waals surface area contributed by atoms with Crippen molar-refractivity contribution in [2.24, 2.45) is 5.41 Å². The molecule has 6 nitrogen and oxygen atoms in total. The lowest BCUT2D eigenvalue weighted by Crippen LogP contribution is -2.48. The van der Waals surface area contributed by atoms with Crippen LogP contribution in [0.4, 0.5) is 5.82 Å². The summed E-state index contributed by atoms with van der Waals surface area (Å²) < 4.78 is 7.65. The van der Waals surface area contributed by atoms with E-state index in [0.717, 1.165) is 29.1 Å². The van der Waals surface area contributed by atoms with Crippen molar-refractivity contribution in [3.8, 4) is 0 Å². The van der Waals surface area contributed by atoms with Crippen molar-refractivity contribution in [1.29, 1.82) is 0 Å². The van der Waals surface area contributed by atoms with Gasteiger partial charge in [0.2, 0.25) is 0 Å². The first kappa shape index (κ1) is 15.6. The van der Waals surface area contributed by atoms with Gasteiger partial charge in [0, 0.05) is 30.3 Å². The number of ether oxygens (including phenoxy) is 1. The molecule has 24 heavy (non-hydrogen) atoms. The molecule has 1 spiro atoms. The monoisotopic (exact) mass is 390 g/mol. The van der Waals surface area contributed by atoms with Crippen LogP contribution >= 0.6 is 15.9 Å². The molecule has 4 rings (SSSR count). The van der Waals surface area contributed by atoms with Crippen LogP contribution in [0.15, 0.2) is 29.3 Å². The Hall–Kier alpha value is -1.89. The molecule has 2 aromatic heterocycles. The van der Waals surface area contributed by atoms with Gasteiger partial charge in [-0.05, 0) is 41.8 Å². The summed E-state index contributed by atoms with van der Waals surface area (Å²) in [6.45, 7) is 5.00. The minimum Gasteiger partial charge on any atom is -0.461 e. The van der Waals surface area contributed by atoms with Crippen molar-refractivity contribution in [1.82, 2.24) is 14.5 Å². The molecule has 3 heterocycles. The van der Waals surface area contributed by atoms with Crippen LogP contribution in [0.2, 0.25) is 0 Å². The molecule has 1 saturated carbocycles. The van der Waals surface area contributed by atoms with Gasteiger partial charge in [-0.15, -0.1) is 0 Å². The third-order valence-corrected chi connectivity index (χ3v) is 5.40. The SMILES string of the molecule is CCOC(=O)c1cn(Cc2ccc(N3CC4(CC4)C3)nc2Br)cn1. The van der Waals surface area contributed by atoms with E-state index in [-0.39, 0.29) is 0 Å². The Morgan fingerprint density at radius 2 is 2.17 bits per heavy atom. The highest BCUT2D eigenvalue weighted by Crippen LogP contribution is 2.53. The normalized spacial score (nSPS) is 17.7. The summed E-state index contributed by atoms with van der Waals surface area (Å²) in [4.78, 5) is 22.8. The number of hydrogen-bond donors (Lipinski definition) is 0. The van der Waals surface area contributed by atoms with Crippen LogP contribution in [0, 0.1) is 5.41 Å². The van der Waals surface area contributed by atoms with Crippen LogP contribution in [-0.2, 0) is 11.3 Å². The fourth-order valence-electron chi connectivity index (χ4n) is 3.12. The highest BCUT2D eigenvalue weighted by Gasteiger charge is 2.52. The molecule has 1 saturated heterocycles. The standard InChI is InChI=1S/C17H19BrN4O2/c1-2-24-16(23)13-8-21(11-19-13)7-12-3-4-14(20-15(12)18)22-9-17(10-22)5-6-17/h3-4,8,11H,2,5-7,9-10H2,1H3. The molecule has 0 N–H and O–H groups in total. The second kappa shape index (κ2) is 5.88. The zero-order valence-corrected chi connectivity index (χ0v) is 15.1. The molecule has 0 radical (unpaired) electrons. The van der Waals surface area contributed by atoms with E-state index in [1.54, 1.807) is 19.4 Å². The summed E-state index contributed by atoms with van der Waals surface area (Å²) >= 11 is 3.57. The van der Waals surface area contributed by atoms with Crippen molar-refractivity contribution in [2.45, 2.75) is 26.3 Å². The second-order valence-corrected chi connectivity index (χ2v) is 7.38. The van der Waals surface area contributed by atoms with Crippen LogP contribution in [0.25, 0.3) is 0 Å². The molecular formula is C17H19BrN4O2. The van der Waals surface area contributed by atoms with Crippen molar-refractivity contribution < 1.29 is 9.53 Å². The summed E-state index contributed by atoms with van der Waals surface area (Å²) in [5.74, 6) is 0.636. The average Bonchev–Trinajstić information content (AvgIpc) is 3.20. The van der Waals surface area contributed by atoms with E-state index >= 15 is 0 Å². The average molecular weight is 391 g/mol. The topological polar surface area (TPSA) is 60.2 Å². The van der Waals surface area contributed by atoms with E-state index in [1.165, 1.54) is 12.8 Å². The number of pyridine rings is 1. The van der Waals surface area contributed by atoms with Gasteiger partial charge in [-0.2, -0.15) is 0 Å². The van der Waals surface area contributed by atoms with E-state index in [0.29, 0.717) is 24.3 Å². The molecule has 7 heteroatoms. The largest absolute Gasteiger partial charge is 0.461 e. The molecule has 0 atom stereocenters. The molecule has 0 amide bonds. The number of nitrogens with zero attached hydrogens (tertiary/aromatic N) is 4. The summed E-state index contributed by atoms with van der Waals surface area (Å²) in [6, 6.07) is 4.15. The number of aromatic nitrogens is 3. The molecule has 0 aromatic carbocycles. The maximum Gasteiger partial charge on any atom is 0.358 e. The third kappa shape index (κ3) is 2.92. The van der Waals surface area contributed by atoms with Crippen molar-refractivity contribution in [3.63, 3.8) is 0 Å². The van der Waals surface area contributed by atoms with Gasteiger partial charge < -0.3 is 14.2 Å². The van der Waals surface area contributed by atoms with Crippen molar-refractivity contribution in [3.05, 3.63) is 40.5 Å². The van der Waals surface area contributed by atoms with E-state index in [2.05, 4.69) is 42.9 Å². The van der Waals surface area contributed by atoms with Crippen LogP contribution in [-0.4, -0.2) is 40.2 Å². The number of imidazole rings is 1. The molecule has 126 valence electrons. The Morgan fingerprint density at radius 1 is 1.38 bits per heavy atom. The maximum absolute atomic E-state index is 11.7. The molecule has 2 aromatic rings. The van der Waals surface area contributed by atoms with Crippen LogP contribution in [0.1, 0.15) is 35.8 Å². The number of halogens is 1. The van der Waals surface area contributed by atoms with Gasteiger partial charge in [0.25, 0.3) is 0 Å². The highest BCUT2D eigenvalue weighted by atomic mass is 79.9. The second-order valence-electron chi connectivity index (χ2n) is 6.63. The molecule has 0 bridgehead atoms. The molecule has 2 aliphatic rings. The molecular weight excluding hydrogens is 372 g/mol. The Morgan fingerprint density at radius 3 is 2.83 bits per heavy atom. The number of esters is 1. The Balaban J connectivity index is 1.44. The zero-order valence-electron chi connectivity index (χ0n) is 13.5. The van der Waals surface area contributed by atoms with Gasteiger partial charge in [-0.25, -0.2) is 14.8 Å². The lowest BCUT2D eigenvalue weighted by molar-refractivity contribution is 0.0520. The number of carbonyl (C=O) groups excluding carboxylic acids is 1. The maximum atomic E-state index is 11.7. The predicted octanol–water partition coefficient (Wildman–Crippen LogP) is 2.87. The van der Waals surface area contributed by atoms with Crippen LogP contribution in [0.5, 0.6) is 0 Å².